The van der Waals surface area contributed by atoms with Gasteiger partial charge in [0.25, 0.3) is 0 Å². The molecule has 1 saturated heterocycles. The average Bonchev–Trinajstić information content (AvgIpc) is 3.26. The molecule has 0 saturated carbocycles. The normalized spacial score (nSPS) is 18.2. The van der Waals surface area contributed by atoms with Gasteiger partial charge in [-0.25, -0.2) is 27.6 Å². The van der Waals surface area contributed by atoms with Crippen LogP contribution in [0.3, 0.4) is 0 Å². The SMILES string of the molecule is COCCN1CC[C@H](Nc2nc(OC)c3c(-c4ccc(N=N)c(NC(CF)CF)c4)c(F)cn3n2)[C@H](F)C1. The molecule has 38 heavy (non-hydrogen) atoms. The summed E-state index contributed by atoms with van der Waals surface area (Å²) in [6.45, 7) is 0.114. The Morgan fingerprint density at radius 2 is 2.05 bits per heavy atom. The van der Waals surface area contributed by atoms with E-state index >= 15 is 4.39 Å². The number of nitrogens with zero attached hydrogens (tertiary/aromatic N) is 5. The minimum atomic E-state index is -1.17. The molecule has 0 bridgehead atoms. The van der Waals surface area contributed by atoms with Gasteiger partial charge in [0.15, 0.2) is 5.82 Å². The fourth-order valence-corrected chi connectivity index (χ4v) is 4.46. The van der Waals surface area contributed by atoms with E-state index in [2.05, 4.69) is 25.8 Å². The van der Waals surface area contributed by atoms with Crippen LogP contribution in [0.1, 0.15) is 6.42 Å². The van der Waals surface area contributed by atoms with Crippen LogP contribution in [-0.4, -0.2) is 91.6 Å². The van der Waals surface area contributed by atoms with Crippen molar-refractivity contribution >= 4 is 22.8 Å². The first-order valence-corrected chi connectivity index (χ1v) is 12.1. The van der Waals surface area contributed by atoms with Gasteiger partial charge >= 0.3 is 0 Å². The lowest BCUT2D eigenvalue weighted by Gasteiger charge is -2.34. The highest BCUT2D eigenvalue weighted by molar-refractivity contribution is 5.88. The first kappa shape index (κ1) is 27.5. The molecule has 0 unspecified atom stereocenters. The second-order valence-electron chi connectivity index (χ2n) is 8.93. The molecule has 1 aliphatic heterocycles. The predicted molar refractivity (Wildman–Crippen MR) is 134 cm³/mol. The Balaban J connectivity index is 1.65. The van der Waals surface area contributed by atoms with Gasteiger partial charge < -0.3 is 20.1 Å². The maximum absolute atomic E-state index is 15.3. The van der Waals surface area contributed by atoms with Crippen LogP contribution >= 0.6 is 0 Å². The van der Waals surface area contributed by atoms with Gasteiger partial charge in [-0.15, -0.1) is 5.10 Å². The molecule has 0 radical (unpaired) electrons. The lowest BCUT2D eigenvalue weighted by molar-refractivity contribution is 0.0918. The monoisotopic (exact) mass is 538 g/mol. The number of fused-ring (bicyclic) bond motifs is 1. The third kappa shape index (κ3) is 5.80. The molecule has 2 atom stereocenters. The van der Waals surface area contributed by atoms with Gasteiger partial charge in [-0.1, -0.05) is 6.07 Å². The number of aromatic nitrogens is 3. The third-order valence-electron chi connectivity index (χ3n) is 6.44. The van der Waals surface area contributed by atoms with Crippen molar-refractivity contribution in [2.24, 2.45) is 5.11 Å². The number of benzene rings is 1. The van der Waals surface area contributed by atoms with Gasteiger partial charge in [0.1, 0.15) is 30.7 Å². The molecule has 3 aromatic rings. The van der Waals surface area contributed by atoms with Crippen LogP contribution in [0.2, 0.25) is 0 Å². The van der Waals surface area contributed by atoms with Gasteiger partial charge in [-0.2, -0.15) is 10.1 Å². The number of anilines is 2. The van der Waals surface area contributed by atoms with Crippen molar-refractivity contribution in [2.75, 3.05) is 64.4 Å². The molecule has 2 aromatic heterocycles. The zero-order chi connectivity index (χ0) is 27.2. The summed E-state index contributed by atoms with van der Waals surface area (Å²) >= 11 is 0. The van der Waals surface area contributed by atoms with Crippen molar-refractivity contribution in [1.82, 2.24) is 19.5 Å². The first-order valence-electron chi connectivity index (χ1n) is 12.1. The van der Waals surface area contributed by atoms with E-state index in [0.717, 1.165) is 6.20 Å². The van der Waals surface area contributed by atoms with Crippen LogP contribution in [0.25, 0.3) is 16.6 Å². The van der Waals surface area contributed by atoms with Gasteiger partial charge in [-0.3, -0.25) is 4.90 Å². The van der Waals surface area contributed by atoms with E-state index in [4.69, 9.17) is 15.0 Å². The van der Waals surface area contributed by atoms with E-state index in [1.54, 1.807) is 7.11 Å². The number of halogens is 4. The number of rotatable bonds is 12. The maximum Gasteiger partial charge on any atom is 0.244 e. The van der Waals surface area contributed by atoms with E-state index in [-0.39, 0.29) is 40.8 Å². The number of alkyl halides is 3. The quantitative estimate of drug-likeness (QED) is 0.232. The van der Waals surface area contributed by atoms with Crippen LogP contribution in [0.4, 0.5) is 34.9 Å². The van der Waals surface area contributed by atoms with Crippen molar-refractivity contribution in [3.05, 3.63) is 30.2 Å². The molecule has 3 N–H and O–H groups in total. The molecule has 0 aliphatic carbocycles. The van der Waals surface area contributed by atoms with Crippen LogP contribution in [0.5, 0.6) is 5.88 Å². The van der Waals surface area contributed by atoms with E-state index < -0.39 is 37.4 Å². The Morgan fingerprint density at radius 3 is 2.71 bits per heavy atom. The molecule has 4 rings (SSSR count). The summed E-state index contributed by atoms with van der Waals surface area (Å²) in [6.07, 6.45) is 0.483. The van der Waals surface area contributed by atoms with Crippen molar-refractivity contribution in [3.63, 3.8) is 0 Å². The minimum Gasteiger partial charge on any atom is -0.479 e. The predicted octanol–water partition coefficient (Wildman–Crippen LogP) is 4.40. The first-order chi connectivity index (χ1) is 18.4. The number of hydrogen-bond acceptors (Lipinski definition) is 9. The summed E-state index contributed by atoms with van der Waals surface area (Å²) in [7, 11) is 2.97. The molecular weight excluding hydrogens is 508 g/mol. The molecular formula is C24H30F4N8O2. The van der Waals surface area contributed by atoms with Crippen molar-refractivity contribution in [3.8, 4) is 17.0 Å². The number of methoxy groups -OCH3 is 2. The number of ether oxygens (including phenoxy) is 2. The zero-order valence-corrected chi connectivity index (χ0v) is 21.1. The summed E-state index contributed by atoms with van der Waals surface area (Å²) < 4.78 is 68.1. The standard InChI is InChI=1S/C24H30F4N8O2/c1-37-8-7-35-6-5-18(16(27)12-35)31-24-32-23(38-2)22-21(17(28)13-36(22)34-24)14-3-4-19(33-29)20(9-14)30-15(10-25)11-26/h3-4,9,13,15-16,18,29-30H,5-8,10-12H2,1-2H3,(H,31,34)/t16-,18+/m1/s1. The number of hydrogen-bond donors (Lipinski definition) is 3. The Bertz CT molecular complexity index is 1260. The lowest BCUT2D eigenvalue weighted by atomic mass is 10.0. The van der Waals surface area contributed by atoms with Crippen LogP contribution in [0, 0.1) is 11.3 Å². The average molecular weight is 539 g/mol. The highest BCUT2D eigenvalue weighted by atomic mass is 19.1. The largest absolute Gasteiger partial charge is 0.479 e. The Labute approximate surface area is 216 Å². The molecule has 206 valence electrons. The molecule has 0 amide bonds. The summed E-state index contributed by atoms with van der Waals surface area (Å²) in [4.78, 5) is 6.33. The summed E-state index contributed by atoms with van der Waals surface area (Å²) in [5.74, 6) is -0.532. The highest BCUT2D eigenvalue weighted by Gasteiger charge is 2.30. The van der Waals surface area contributed by atoms with E-state index in [1.165, 1.54) is 29.8 Å². The van der Waals surface area contributed by atoms with Crippen molar-refractivity contribution in [2.45, 2.75) is 24.7 Å². The van der Waals surface area contributed by atoms with E-state index in [0.29, 0.717) is 31.7 Å². The fraction of sp³-hybridized carbons (Fsp3) is 0.500. The summed E-state index contributed by atoms with van der Waals surface area (Å²) in [6, 6.07) is 2.72. The second-order valence-corrected chi connectivity index (χ2v) is 8.93. The van der Waals surface area contributed by atoms with Crippen LogP contribution in [-0.2, 0) is 4.74 Å². The van der Waals surface area contributed by atoms with Crippen LogP contribution in [0.15, 0.2) is 29.5 Å². The Hall–Kier alpha value is -3.52. The molecule has 10 nitrogen and oxygen atoms in total. The number of piperidine rings is 1. The second kappa shape index (κ2) is 12.3. The highest BCUT2D eigenvalue weighted by Crippen LogP contribution is 2.38. The van der Waals surface area contributed by atoms with Gasteiger partial charge in [-0.05, 0) is 24.1 Å². The molecule has 1 aromatic carbocycles. The van der Waals surface area contributed by atoms with E-state index in [1.807, 2.05) is 4.90 Å². The van der Waals surface area contributed by atoms with Gasteiger partial charge in [0.2, 0.25) is 11.8 Å². The third-order valence-corrected chi connectivity index (χ3v) is 6.44. The smallest absolute Gasteiger partial charge is 0.244 e. The zero-order valence-electron chi connectivity index (χ0n) is 21.1. The number of likely N-dealkylation sites (tertiary alicyclic amines) is 1. The van der Waals surface area contributed by atoms with Crippen molar-refractivity contribution in [1.29, 1.82) is 5.53 Å². The van der Waals surface area contributed by atoms with Crippen molar-refractivity contribution < 1.29 is 27.0 Å². The van der Waals surface area contributed by atoms with Gasteiger partial charge in [0, 0.05) is 26.7 Å². The lowest BCUT2D eigenvalue weighted by Crippen LogP contribution is -2.48. The maximum atomic E-state index is 15.3. The minimum absolute atomic E-state index is 0.0449. The summed E-state index contributed by atoms with van der Waals surface area (Å²) in [5, 5.41) is 13.4. The molecule has 0 spiro atoms. The Morgan fingerprint density at radius 1 is 1.26 bits per heavy atom. The molecule has 14 heteroatoms. The fourth-order valence-electron chi connectivity index (χ4n) is 4.46. The molecule has 1 aliphatic rings. The van der Waals surface area contributed by atoms with Crippen LogP contribution < -0.4 is 15.4 Å². The Kier molecular flexibility index (Phi) is 8.94. The topological polar surface area (TPSA) is 112 Å². The number of nitrogens with one attached hydrogen (secondary N) is 3. The molecule has 3 heterocycles. The summed E-state index contributed by atoms with van der Waals surface area (Å²) in [5.41, 5.74) is 8.26. The molecule has 1 fully saturated rings. The van der Waals surface area contributed by atoms with E-state index in [9.17, 15) is 13.2 Å². The van der Waals surface area contributed by atoms with Gasteiger partial charge in [0.05, 0.1) is 43.2 Å².